The zero-order valence-electron chi connectivity index (χ0n) is 13.8. The van der Waals surface area contributed by atoms with Crippen molar-refractivity contribution in [2.75, 3.05) is 19.8 Å². The Balaban J connectivity index is 1.74. The van der Waals surface area contributed by atoms with Gasteiger partial charge in [-0.3, -0.25) is 0 Å². The summed E-state index contributed by atoms with van der Waals surface area (Å²) in [6, 6.07) is 12.4. The number of oxazole rings is 1. The minimum Gasteiger partial charge on any atom is -0.431 e. The Morgan fingerprint density at radius 2 is 1.96 bits per heavy atom. The summed E-state index contributed by atoms with van der Waals surface area (Å²) in [7, 11) is -0.490. The van der Waals surface area contributed by atoms with Crippen LogP contribution in [0, 0.1) is 0 Å². The molecule has 0 atom stereocenters. The van der Waals surface area contributed by atoms with E-state index in [0.717, 1.165) is 22.8 Å². The third kappa shape index (κ3) is 4.00. The number of halogens is 1. The number of hydrogen-bond acceptors (Lipinski definition) is 5. The molecule has 2 aromatic carbocycles. The first-order valence-electron chi connectivity index (χ1n) is 7.57. The van der Waals surface area contributed by atoms with Gasteiger partial charge in [-0.1, -0.05) is 41.6 Å². The molecule has 1 heterocycles. The Bertz CT molecular complexity index is 1000. The summed E-state index contributed by atoms with van der Waals surface area (Å²) in [5, 5.41) is 1.26. The number of aryl methyl sites for hydroxylation is 1. The highest BCUT2D eigenvalue weighted by atomic mass is 35.5. The van der Waals surface area contributed by atoms with Crippen LogP contribution >= 0.6 is 23.4 Å². The molecule has 25 heavy (non-hydrogen) atoms. The fourth-order valence-electron chi connectivity index (χ4n) is 2.27. The van der Waals surface area contributed by atoms with Crippen molar-refractivity contribution >= 4 is 44.5 Å². The van der Waals surface area contributed by atoms with Crippen molar-refractivity contribution in [3.63, 3.8) is 0 Å². The molecule has 0 unspecified atom stereocenters. The molecule has 0 aliphatic heterocycles. The average Bonchev–Trinajstić information content (AvgIpc) is 2.98. The number of fused-ring (bicyclic) bond motifs is 1. The van der Waals surface area contributed by atoms with Crippen LogP contribution in [-0.4, -0.2) is 37.6 Å². The molecule has 0 radical (unpaired) electrons. The lowest BCUT2D eigenvalue weighted by molar-refractivity contribution is 0.489. The molecule has 3 rings (SSSR count). The normalized spacial score (nSPS) is 12.2. The zero-order chi connectivity index (χ0) is 18.0. The lowest BCUT2D eigenvalue weighted by Crippen LogP contribution is -2.22. The number of aromatic nitrogens is 1. The summed E-state index contributed by atoms with van der Waals surface area (Å²) < 4.78 is 31.2. The lowest BCUT2D eigenvalue weighted by atomic mass is 10.2. The molecule has 0 amide bonds. The second kappa shape index (κ2) is 7.37. The molecule has 0 spiro atoms. The van der Waals surface area contributed by atoms with Crippen LogP contribution in [-0.2, 0) is 16.4 Å². The van der Waals surface area contributed by atoms with E-state index in [9.17, 15) is 8.42 Å². The fraction of sp³-hybridized carbons (Fsp3) is 0.235. The van der Waals surface area contributed by atoms with Gasteiger partial charge >= 0.3 is 0 Å². The Kier molecular flexibility index (Phi) is 5.38. The summed E-state index contributed by atoms with van der Waals surface area (Å²) in [5.41, 5.74) is 2.17. The van der Waals surface area contributed by atoms with Gasteiger partial charge in [-0.2, -0.15) is 0 Å². The molecule has 0 fully saturated rings. The number of rotatable bonds is 6. The number of thioether (sulfide) groups is 1. The first-order chi connectivity index (χ1) is 11.9. The van der Waals surface area contributed by atoms with E-state index in [4.69, 9.17) is 16.0 Å². The number of hydrogen-bond donors (Lipinski definition) is 0. The van der Waals surface area contributed by atoms with Crippen molar-refractivity contribution in [2.45, 2.75) is 16.5 Å². The summed E-state index contributed by atoms with van der Waals surface area (Å²) >= 11 is 7.62. The van der Waals surface area contributed by atoms with Crippen molar-refractivity contribution in [2.24, 2.45) is 0 Å². The van der Waals surface area contributed by atoms with E-state index >= 15 is 0 Å². The van der Waals surface area contributed by atoms with Gasteiger partial charge in [0.1, 0.15) is 5.52 Å². The van der Waals surface area contributed by atoms with Crippen LogP contribution in [0.2, 0.25) is 5.02 Å². The van der Waals surface area contributed by atoms with E-state index in [1.165, 1.54) is 42.3 Å². The van der Waals surface area contributed by atoms with Gasteiger partial charge in [0.05, 0.1) is 4.90 Å². The van der Waals surface area contributed by atoms with Crippen LogP contribution in [0.15, 0.2) is 57.0 Å². The molecule has 0 N–H and O–H groups in total. The van der Waals surface area contributed by atoms with E-state index in [1.807, 2.05) is 24.3 Å². The van der Waals surface area contributed by atoms with Crippen LogP contribution < -0.4 is 0 Å². The minimum absolute atomic E-state index is 0.200. The van der Waals surface area contributed by atoms with E-state index in [2.05, 4.69) is 4.98 Å². The first kappa shape index (κ1) is 18.3. The Morgan fingerprint density at radius 1 is 1.20 bits per heavy atom. The highest BCUT2D eigenvalue weighted by Gasteiger charge is 2.19. The molecule has 8 heteroatoms. The van der Waals surface area contributed by atoms with Crippen LogP contribution in [0.3, 0.4) is 0 Å². The maximum atomic E-state index is 12.2. The van der Waals surface area contributed by atoms with Crippen molar-refractivity contribution in [1.82, 2.24) is 9.29 Å². The zero-order valence-corrected chi connectivity index (χ0v) is 16.2. The summed E-state index contributed by atoms with van der Waals surface area (Å²) in [6.45, 7) is 0. The Hall–Kier alpha value is -1.54. The second-order valence-electron chi connectivity index (χ2n) is 5.59. The highest BCUT2D eigenvalue weighted by Crippen LogP contribution is 2.27. The third-order valence-corrected chi connectivity index (χ3v) is 6.68. The van der Waals surface area contributed by atoms with Gasteiger partial charge in [0.2, 0.25) is 10.0 Å². The molecular weight excluding hydrogens is 380 g/mol. The number of benzene rings is 2. The molecule has 0 bridgehead atoms. The summed E-state index contributed by atoms with van der Waals surface area (Å²) in [6.07, 6.45) is 0.795. The molecule has 1 aromatic heterocycles. The molecule has 3 aromatic rings. The van der Waals surface area contributed by atoms with Gasteiger partial charge in [-0.05, 0) is 36.2 Å². The van der Waals surface area contributed by atoms with E-state index in [0.29, 0.717) is 16.3 Å². The third-order valence-electron chi connectivity index (χ3n) is 3.67. The Morgan fingerprint density at radius 3 is 2.68 bits per heavy atom. The summed E-state index contributed by atoms with van der Waals surface area (Å²) in [5.74, 6) is 0.763. The fourth-order valence-corrected chi connectivity index (χ4v) is 4.23. The summed E-state index contributed by atoms with van der Waals surface area (Å²) in [4.78, 5) is 4.58. The van der Waals surface area contributed by atoms with E-state index < -0.39 is 10.0 Å². The van der Waals surface area contributed by atoms with Gasteiger partial charge in [-0.15, -0.1) is 0 Å². The van der Waals surface area contributed by atoms with E-state index in [-0.39, 0.29) is 4.90 Å². The smallest absolute Gasteiger partial charge is 0.256 e. The van der Waals surface area contributed by atoms with Crippen molar-refractivity contribution < 1.29 is 12.8 Å². The van der Waals surface area contributed by atoms with Crippen LogP contribution in [0.4, 0.5) is 0 Å². The van der Waals surface area contributed by atoms with Crippen molar-refractivity contribution in [3.8, 4) is 0 Å². The van der Waals surface area contributed by atoms with Gasteiger partial charge in [0, 0.05) is 24.9 Å². The quantitative estimate of drug-likeness (QED) is 0.588. The van der Waals surface area contributed by atoms with Gasteiger partial charge in [-0.25, -0.2) is 17.7 Å². The number of nitrogens with zero attached hydrogens (tertiary/aromatic N) is 2. The second-order valence-corrected chi connectivity index (χ2v) is 9.19. The predicted octanol–water partition coefficient (Wildman–Crippen LogP) is 4.07. The predicted molar refractivity (Wildman–Crippen MR) is 101 cm³/mol. The monoisotopic (exact) mass is 396 g/mol. The standard InChI is InChI=1S/C17H17ClN2O3S2/c1-20(2)25(21,22)13-7-8-16-15(11-13)19-17(23-16)24-10-9-12-5-3-4-6-14(12)18/h3-8,11H,9-10H2,1-2H3. The molecule has 5 nitrogen and oxygen atoms in total. The largest absolute Gasteiger partial charge is 0.431 e. The molecule has 0 saturated carbocycles. The van der Waals surface area contributed by atoms with Crippen molar-refractivity contribution in [3.05, 3.63) is 53.1 Å². The lowest BCUT2D eigenvalue weighted by Gasteiger charge is -2.10. The average molecular weight is 397 g/mol. The van der Waals surface area contributed by atoms with Crippen LogP contribution in [0.25, 0.3) is 11.1 Å². The van der Waals surface area contributed by atoms with Gasteiger partial charge in [0.25, 0.3) is 5.22 Å². The van der Waals surface area contributed by atoms with Crippen LogP contribution in [0.1, 0.15) is 5.56 Å². The molecule has 0 aliphatic carbocycles. The van der Waals surface area contributed by atoms with Crippen LogP contribution in [0.5, 0.6) is 0 Å². The number of sulfonamides is 1. The SMILES string of the molecule is CN(C)S(=O)(=O)c1ccc2oc(SCCc3ccccc3Cl)nc2c1. The topological polar surface area (TPSA) is 63.4 Å². The highest BCUT2D eigenvalue weighted by molar-refractivity contribution is 7.99. The maximum Gasteiger partial charge on any atom is 0.256 e. The van der Waals surface area contributed by atoms with E-state index in [1.54, 1.807) is 6.07 Å². The molecule has 132 valence electrons. The van der Waals surface area contributed by atoms with Gasteiger partial charge in [0.15, 0.2) is 5.58 Å². The van der Waals surface area contributed by atoms with Gasteiger partial charge < -0.3 is 4.42 Å². The molecule has 0 saturated heterocycles. The van der Waals surface area contributed by atoms with Crippen molar-refractivity contribution in [1.29, 1.82) is 0 Å². The maximum absolute atomic E-state index is 12.2. The molecule has 0 aliphatic rings. The minimum atomic E-state index is -3.49. The first-order valence-corrected chi connectivity index (χ1v) is 10.4. The molecular formula is C17H17ClN2O3S2. The Labute approximate surface area is 156 Å².